The van der Waals surface area contributed by atoms with Gasteiger partial charge in [-0.3, -0.25) is 4.90 Å². The Morgan fingerprint density at radius 3 is 2.62 bits per heavy atom. The number of alkyl halides is 3. The molecule has 0 bridgehead atoms. The third kappa shape index (κ3) is 4.17. The third-order valence-corrected chi connectivity index (χ3v) is 5.40. The van der Waals surface area contributed by atoms with Crippen molar-refractivity contribution in [3.8, 4) is 5.75 Å². The van der Waals surface area contributed by atoms with Gasteiger partial charge in [0.1, 0.15) is 5.75 Å². The number of ether oxygens (including phenoxy) is 1. The summed E-state index contributed by atoms with van der Waals surface area (Å²) in [5, 5.41) is 0. The lowest BCUT2D eigenvalue weighted by atomic mass is 10.0. The lowest BCUT2D eigenvalue weighted by Gasteiger charge is -2.31. The number of aromatic nitrogens is 1. The monoisotopic (exact) mass is 400 g/mol. The summed E-state index contributed by atoms with van der Waals surface area (Å²) in [5.74, 6) is 0.767. The maximum Gasteiger partial charge on any atom is 0.416 e. The first-order valence-corrected chi connectivity index (χ1v) is 9.65. The van der Waals surface area contributed by atoms with Gasteiger partial charge < -0.3 is 9.30 Å². The molecule has 29 heavy (non-hydrogen) atoms. The van der Waals surface area contributed by atoms with Crippen LogP contribution in [-0.2, 0) is 19.3 Å². The number of fused-ring (bicyclic) bond motifs is 1. The Bertz CT molecular complexity index is 980. The molecule has 3 aromatic rings. The molecular formula is C23H23F3N2O. The summed E-state index contributed by atoms with van der Waals surface area (Å²) in [4.78, 5) is 2.25. The molecule has 0 fully saturated rings. The van der Waals surface area contributed by atoms with Crippen LogP contribution >= 0.6 is 0 Å². The summed E-state index contributed by atoms with van der Waals surface area (Å²) in [7, 11) is 1.63. The van der Waals surface area contributed by atoms with E-state index in [-0.39, 0.29) is 6.04 Å². The number of hydrogen-bond donors (Lipinski definition) is 0. The van der Waals surface area contributed by atoms with Crippen LogP contribution in [0.2, 0.25) is 0 Å². The molecule has 2 aromatic carbocycles. The zero-order valence-corrected chi connectivity index (χ0v) is 16.2. The summed E-state index contributed by atoms with van der Waals surface area (Å²) >= 11 is 0. The molecule has 0 saturated heterocycles. The van der Waals surface area contributed by atoms with Crippen molar-refractivity contribution in [1.29, 1.82) is 0 Å². The van der Waals surface area contributed by atoms with E-state index in [9.17, 15) is 13.2 Å². The SMILES string of the molecule is COc1cccc(C2c3cccn3CCCN2Cc2cccc(C(F)(F)F)c2)c1. The van der Waals surface area contributed by atoms with Gasteiger partial charge in [0.2, 0.25) is 0 Å². The van der Waals surface area contributed by atoms with E-state index in [1.54, 1.807) is 13.2 Å². The van der Waals surface area contributed by atoms with E-state index in [2.05, 4.69) is 27.8 Å². The summed E-state index contributed by atoms with van der Waals surface area (Å²) in [6.45, 7) is 2.12. The molecule has 0 spiro atoms. The first-order valence-electron chi connectivity index (χ1n) is 9.65. The maximum absolute atomic E-state index is 13.2. The highest BCUT2D eigenvalue weighted by molar-refractivity contribution is 5.36. The second-order valence-corrected chi connectivity index (χ2v) is 7.33. The van der Waals surface area contributed by atoms with Crippen molar-refractivity contribution in [2.45, 2.75) is 31.7 Å². The topological polar surface area (TPSA) is 17.4 Å². The number of benzene rings is 2. The van der Waals surface area contributed by atoms with Gasteiger partial charge in [0, 0.05) is 31.5 Å². The lowest BCUT2D eigenvalue weighted by molar-refractivity contribution is -0.137. The highest BCUT2D eigenvalue weighted by Gasteiger charge is 2.31. The molecule has 3 nitrogen and oxygen atoms in total. The van der Waals surface area contributed by atoms with Gasteiger partial charge in [-0.25, -0.2) is 0 Å². The minimum Gasteiger partial charge on any atom is -0.497 e. The van der Waals surface area contributed by atoms with Crippen LogP contribution in [0.1, 0.15) is 34.8 Å². The number of hydrogen-bond acceptors (Lipinski definition) is 2. The quantitative estimate of drug-likeness (QED) is 0.575. The molecule has 1 aromatic heterocycles. The second kappa shape index (κ2) is 7.95. The van der Waals surface area contributed by atoms with Crippen molar-refractivity contribution in [2.75, 3.05) is 13.7 Å². The Hall–Kier alpha value is -2.73. The van der Waals surface area contributed by atoms with Crippen molar-refractivity contribution in [2.24, 2.45) is 0 Å². The van der Waals surface area contributed by atoms with Gasteiger partial charge in [-0.15, -0.1) is 0 Å². The molecule has 6 heteroatoms. The Kier molecular flexibility index (Phi) is 5.37. The fraction of sp³-hybridized carbons (Fsp3) is 0.304. The third-order valence-electron chi connectivity index (χ3n) is 5.40. The van der Waals surface area contributed by atoms with Crippen molar-refractivity contribution in [3.63, 3.8) is 0 Å². The summed E-state index contributed by atoms with van der Waals surface area (Å²) < 4.78 is 47.1. The van der Waals surface area contributed by atoms with Gasteiger partial charge in [0.05, 0.1) is 18.7 Å². The standard InChI is InChI=1S/C23H23F3N2O/c1-29-20-9-3-7-18(15-20)22-21-10-4-11-27(21)12-5-13-28(22)16-17-6-2-8-19(14-17)23(24,25)26/h2-4,6-11,14-15,22H,5,12-13,16H2,1H3. The Morgan fingerprint density at radius 2 is 1.83 bits per heavy atom. The first kappa shape index (κ1) is 19.6. The molecule has 0 amide bonds. The number of methoxy groups -OCH3 is 1. The van der Waals surface area contributed by atoms with Crippen LogP contribution in [0.4, 0.5) is 13.2 Å². The van der Waals surface area contributed by atoms with Crippen LogP contribution in [0.5, 0.6) is 5.75 Å². The van der Waals surface area contributed by atoms with E-state index < -0.39 is 11.7 Å². The average Bonchev–Trinajstić information content (AvgIpc) is 3.09. The van der Waals surface area contributed by atoms with Crippen molar-refractivity contribution in [1.82, 2.24) is 9.47 Å². The zero-order valence-electron chi connectivity index (χ0n) is 16.2. The number of halogens is 3. The molecule has 0 aliphatic carbocycles. The van der Waals surface area contributed by atoms with Gasteiger partial charge in [0.15, 0.2) is 0 Å². The van der Waals surface area contributed by atoms with E-state index in [1.165, 1.54) is 12.1 Å². The molecule has 2 heterocycles. The smallest absolute Gasteiger partial charge is 0.416 e. The molecule has 0 N–H and O–H groups in total. The van der Waals surface area contributed by atoms with Crippen LogP contribution < -0.4 is 4.74 Å². The highest BCUT2D eigenvalue weighted by Crippen LogP contribution is 2.35. The van der Waals surface area contributed by atoms with Crippen LogP contribution in [0.3, 0.4) is 0 Å². The Balaban J connectivity index is 1.72. The van der Waals surface area contributed by atoms with E-state index >= 15 is 0 Å². The molecule has 152 valence electrons. The number of aryl methyl sites for hydroxylation is 1. The highest BCUT2D eigenvalue weighted by atomic mass is 19.4. The van der Waals surface area contributed by atoms with E-state index in [4.69, 9.17) is 4.74 Å². The molecule has 1 aliphatic rings. The van der Waals surface area contributed by atoms with Gasteiger partial charge in [-0.1, -0.05) is 30.3 Å². The predicted molar refractivity (Wildman–Crippen MR) is 106 cm³/mol. The Morgan fingerprint density at radius 1 is 1.00 bits per heavy atom. The minimum atomic E-state index is -4.34. The van der Waals surface area contributed by atoms with Crippen LogP contribution in [0, 0.1) is 0 Å². The summed E-state index contributed by atoms with van der Waals surface area (Å²) in [6, 6.07) is 17.6. The number of nitrogens with zero attached hydrogens (tertiary/aromatic N) is 2. The van der Waals surface area contributed by atoms with Crippen molar-refractivity contribution >= 4 is 0 Å². The number of rotatable bonds is 4. The fourth-order valence-electron chi connectivity index (χ4n) is 4.08. The largest absolute Gasteiger partial charge is 0.497 e. The van der Waals surface area contributed by atoms with Crippen molar-refractivity contribution in [3.05, 3.63) is 89.2 Å². The van der Waals surface area contributed by atoms with Crippen LogP contribution in [0.25, 0.3) is 0 Å². The maximum atomic E-state index is 13.2. The fourth-order valence-corrected chi connectivity index (χ4v) is 4.08. The Labute approximate surface area is 168 Å². The van der Waals surface area contributed by atoms with E-state index in [0.717, 1.165) is 42.6 Å². The van der Waals surface area contributed by atoms with E-state index in [1.807, 2.05) is 24.3 Å². The van der Waals surface area contributed by atoms with Gasteiger partial charge >= 0.3 is 6.18 Å². The lowest BCUT2D eigenvalue weighted by Crippen LogP contribution is -2.29. The van der Waals surface area contributed by atoms with E-state index in [0.29, 0.717) is 12.1 Å². The first-order chi connectivity index (χ1) is 14.0. The summed E-state index contributed by atoms with van der Waals surface area (Å²) in [6.07, 6.45) is -1.34. The van der Waals surface area contributed by atoms with Crippen molar-refractivity contribution < 1.29 is 17.9 Å². The summed E-state index contributed by atoms with van der Waals surface area (Å²) in [5.41, 5.74) is 2.26. The van der Waals surface area contributed by atoms with Gasteiger partial charge in [-0.05, 0) is 47.9 Å². The molecule has 1 unspecified atom stereocenters. The normalized spacial score (nSPS) is 17.6. The average molecular weight is 400 g/mol. The molecular weight excluding hydrogens is 377 g/mol. The molecule has 1 aliphatic heterocycles. The minimum absolute atomic E-state index is 0.0582. The van der Waals surface area contributed by atoms with Crippen LogP contribution in [0.15, 0.2) is 66.9 Å². The van der Waals surface area contributed by atoms with Crippen LogP contribution in [-0.4, -0.2) is 23.1 Å². The second-order valence-electron chi connectivity index (χ2n) is 7.33. The molecule has 4 rings (SSSR count). The predicted octanol–water partition coefficient (Wildman–Crippen LogP) is 5.51. The molecule has 0 saturated carbocycles. The molecule has 0 radical (unpaired) electrons. The molecule has 1 atom stereocenters. The van der Waals surface area contributed by atoms with Gasteiger partial charge in [-0.2, -0.15) is 13.2 Å². The van der Waals surface area contributed by atoms with Gasteiger partial charge in [0.25, 0.3) is 0 Å². The zero-order chi connectivity index (χ0) is 20.4.